The normalized spacial score (nSPS) is 32.5. The molecule has 0 aromatic heterocycles. The van der Waals surface area contributed by atoms with E-state index in [2.05, 4.69) is 20.8 Å². The molecule has 0 heterocycles. The second-order valence-electron chi connectivity index (χ2n) is 6.51. The molecule has 0 aromatic carbocycles. The largest absolute Gasteiger partial charge is 0.0599 e. The predicted molar refractivity (Wildman–Crippen MR) is 57.7 cm³/mol. The highest BCUT2D eigenvalue weighted by Crippen LogP contribution is 2.60. The van der Waals surface area contributed by atoms with Gasteiger partial charge in [-0.05, 0) is 42.4 Å². The SMILES string of the molecule is CC1(C)CC(C)(C2CCCCC2)C1. The van der Waals surface area contributed by atoms with Crippen molar-refractivity contribution in [1.82, 2.24) is 0 Å². The van der Waals surface area contributed by atoms with Crippen molar-refractivity contribution in [3.05, 3.63) is 0 Å². The molecule has 2 aliphatic rings. The summed E-state index contributed by atoms with van der Waals surface area (Å²) in [6.07, 6.45) is 10.5. The van der Waals surface area contributed by atoms with E-state index in [9.17, 15) is 0 Å². The Morgan fingerprint density at radius 1 is 0.846 bits per heavy atom. The summed E-state index contributed by atoms with van der Waals surface area (Å²) in [6, 6.07) is 0. The third-order valence-electron chi connectivity index (χ3n) is 4.36. The van der Waals surface area contributed by atoms with Crippen LogP contribution in [0.2, 0.25) is 0 Å². The molecular weight excluding hydrogens is 156 g/mol. The van der Waals surface area contributed by atoms with Crippen LogP contribution in [0.5, 0.6) is 0 Å². The van der Waals surface area contributed by atoms with Crippen molar-refractivity contribution in [2.75, 3.05) is 0 Å². The lowest BCUT2D eigenvalue weighted by Gasteiger charge is -2.56. The fraction of sp³-hybridized carbons (Fsp3) is 1.00. The lowest BCUT2D eigenvalue weighted by molar-refractivity contribution is -0.0583. The molecule has 0 aliphatic heterocycles. The van der Waals surface area contributed by atoms with E-state index in [4.69, 9.17) is 0 Å². The van der Waals surface area contributed by atoms with Gasteiger partial charge >= 0.3 is 0 Å². The molecule has 0 N–H and O–H groups in total. The van der Waals surface area contributed by atoms with E-state index in [1.807, 2.05) is 0 Å². The van der Waals surface area contributed by atoms with Crippen molar-refractivity contribution in [2.24, 2.45) is 16.7 Å². The lowest BCUT2D eigenvalue weighted by Crippen LogP contribution is -2.46. The Bertz CT molecular complexity index is 176. The van der Waals surface area contributed by atoms with E-state index >= 15 is 0 Å². The van der Waals surface area contributed by atoms with Crippen molar-refractivity contribution in [3.63, 3.8) is 0 Å². The maximum Gasteiger partial charge on any atom is -0.0287 e. The van der Waals surface area contributed by atoms with Crippen LogP contribution in [0.25, 0.3) is 0 Å². The molecule has 0 spiro atoms. The number of hydrogen-bond acceptors (Lipinski definition) is 0. The van der Waals surface area contributed by atoms with E-state index in [0.717, 1.165) is 11.3 Å². The van der Waals surface area contributed by atoms with Crippen LogP contribution < -0.4 is 0 Å². The molecular formula is C13H24. The van der Waals surface area contributed by atoms with Gasteiger partial charge in [0.25, 0.3) is 0 Å². The molecule has 2 fully saturated rings. The molecule has 0 radical (unpaired) electrons. The molecule has 13 heavy (non-hydrogen) atoms. The second kappa shape index (κ2) is 3.00. The van der Waals surface area contributed by atoms with Gasteiger partial charge < -0.3 is 0 Å². The zero-order valence-corrected chi connectivity index (χ0v) is 9.53. The minimum atomic E-state index is 0.659. The van der Waals surface area contributed by atoms with Crippen LogP contribution in [0.1, 0.15) is 65.7 Å². The quantitative estimate of drug-likeness (QED) is 0.561. The van der Waals surface area contributed by atoms with Crippen molar-refractivity contribution in [1.29, 1.82) is 0 Å². The zero-order valence-electron chi connectivity index (χ0n) is 9.53. The van der Waals surface area contributed by atoms with Gasteiger partial charge in [0.1, 0.15) is 0 Å². The first-order valence-electron chi connectivity index (χ1n) is 6.02. The van der Waals surface area contributed by atoms with E-state index in [0.29, 0.717) is 5.41 Å². The molecule has 0 heteroatoms. The second-order valence-corrected chi connectivity index (χ2v) is 6.51. The third-order valence-corrected chi connectivity index (χ3v) is 4.36. The Hall–Kier alpha value is 0. The highest BCUT2D eigenvalue weighted by molar-refractivity contribution is 5.00. The van der Waals surface area contributed by atoms with Crippen LogP contribution in [0.4, 0.5) is 0 Å². The Kier molecular flexibility index (Phi) is 2.20. The highest BCUT2D eigenvalue weighted by Gasteiger charge is 2.49. The van der Waals surface area contributed by atoms with Crippen molar-refractivity contribution in [3.8, 4) is 0 Å². The minimum absolute atomic E-state index is 0.659. The average molecular weight is 180 g/mol. The summed E-state index contributed by atoms with van der Waals surface area (Å²) in [4.78, 5) is 0. The van der Waals surface area contributed by atoms with Gasteiger partial charge in [-0.25, -0.2) is 0 Å². The smallest absolute Gasteiger partial charge is 0.0287 e. The van der Waals surface area contributed by atoms with Gasteiger partial charge in [-0.15, -0.1) is 0 Å². The van der Waals surface area contributed by atoms with Crippen molar-refractivity contribution in [2.45, 2.75) is 65.7 Å². The standard InChI is InChI=1S/C13H24/c1-12(2)9-13(3,10-12)11-7-5-4-6-8-11/h11H,4-10H2,1-3H3. The first-order chi connectivity index (χ1) is 6.02. The monoisotopic (exact) mass is 180 g/mol. The van der Waals surface area contributed by atoms with E-state index in [1.54, 1.807) is 0 Å². The van der Waals surface area contributed by atoms with E-state index in [-0.39, 0.29) is 0 Å². The number of hydrogen-bond donors (Lipinski definition) is 0. The Balaban J connectivity index is 1.93. The van der Waals surface area contributed by atoms with Gasteiger partial charge in [-0.1, -0.05) is 40.0 Å². The maximum absolute atomic E-state index is 2.54. The third kappa shape index (κ3) is 1.78. The van der Waals surface area contributed by atoms with E-state index in [1.165, 1.54) is 44.9 Å². The fourth-order valence-corrected chi connectivity index (χ4v) is 4.22. The maximum atomic E-state index is 2.54. The van der Waals surface area contributed by atoms with Gasteiger partial charge in [0, 0.05) is 0 Å². The van der Waals surface area contributed by atoms with Gasteiger partial charge in [0.15, 0.2) is 0 Å². The molecule has 0 amide bonds. The Labute approximate surface area is 83.1 Å². The van der Waals surface area contributed by atoms with Crippen LogP contribution >= 0.6 is 0 Å². The summed E-state index contributed by atoms with van der Waals surface area (Å²) in [5, 5.41) is 0. The first-order valence-corrected chi connectivity index (χ1v) is 6.02. The summed E-state index contributed by atoms with van der Waals surface area (Å²) < 4.78 is 0. The molecule has 0 saturated heterocycles. The summed E-state index contributed by atoms with van der Waals surface area (Å²) in [5.74, 6) is 1.06. The summed E-state index contributed by atoms with van der Waals surface area (Å²) >= 11 is 0. The van der Waals surface area contributed by atoms with Gasteiger partial charge in [0.2, 0.25) is 0 Å². The molecule has 2 saturated carbocycles. The summed E-state index contributed by atoms with van der Waals surface area (Å²) in [6.45, 7) is 7.39. The topological polar surface area (TPSA) is 0 Å². The van der Waals surface area contributed by atoms with Gasteiger partial charge in [0.05, 0.1) is 0 Å². The lowest BCUT2D eigenvalue weighted by atomic mass is 9.49. The van der Waals surface area contributed by atoms with Crippen LogP contribution in [-0.4, -0.2) is 0 Å². The van der Waals surface area contributed by atoms with Crippen molar-refractivity contribution < 1.29 is 0 Å². The first kappa shape index (κ1) is 9.55. The molecule has 2 rings (SSSR count). The van der Waals surface area contributed by atoms with Crippen molar-refractivity contribution >= 4 is 0 Å². The van der Waals surface area contributed by atoms with E-state index < -0.39 is 0 Å². The van der Waals surface area contributed by atoms with Gasteiger partial charge in [-0.3, -0.25) is 0 Å². The fourth-order valence-electron chi connectivity index (χ4n) is 4.22. The number of rotatable bonds is 1. The average Bonchev–Trinajstić information content (AvgIpc) is 2.02. The molecule has 0 aromatic rings. The van der Waals surface area contributed by atoms with Crippen LogP contribution in [0.15, 0.2) is 0 Å². The molecule has 0 bridgehead atoms. The molecule has 0 atom stereocenters. The Morgan fingerprint density at radius 3 is 1.85 bits per heavy atom. The van der Waals surface area contributed by atoms with Crippen LogP contribution in [0.3, 0.4) is 0 Å². The molecule has 2 aliphatic carbocycles. The molecule has 76 valence electrons. The summed E-state index contributed by atoms with van der Waals surface area (Å²) in [7, 11) is 0. The van der Waals surface area contributed by atoms with Crippen LogP contribution in [-0.2, 0) is 0 Å². The predicted octanol–water partition coefficient (Wildman–Crippen LogP) is 4.39. The molecule has 0 nitrogen and oxygen atoms in total. The zero-order chi connectivity index (χ0) is 9.53. The van der Waals surface area contributed by atoms with Crippen LogP contribution in [0, 0.1) is 16.7 Å². The minimum Gasteiger partial charge on any atom is -0.0599 e. The molecule has 0 unspecified atom stereocenters. The van der Waals surface area contributed by atoms with Gasteiger partial charge in [-0.2, -0.15) is 0 Å². The highest BCUT2D eigenvalue weighted by atomic mass is 14.5. The Morgan fingerprint density at radius 2 is 1.38 bits per heavy atom. The summed E-state index contributed by atoms with van der Waals surface area (Å²) in [5.41, 5.74) is 1.39.